The van der Waals surface area contributed by atoms with Crippen molar-refractivity contribution in [2.45, 2.75) is 6.54 Å². The lowest BCUT2D eigenvalue weighted by atomic mass is 10.1. The van der Waals surface area contributed by atoms with Crippen LogP contribution in [0.2, 0.25) is 0 Å². The highest BCUT2D eigenvalue weighted by molar-refractivity contribution is 14.1. The molecule has 0 aliphatic heterocycles. The normalized spacial score (nSPS) is 10.0. The van der Waals surface area contributed by atoms with Crippen LogP contribution >= 0.6 is 22.6 Å². The minimum absolute atomic E-state index is 0.107. The van der Waals surface area contributed by atoms with E-state index >= 15 is 0 Å². The van der Waals surface area contributed by atoms with E-state index in [9.17, 15) is 4.79 Å². The number of rotatable bonds is 5. The molecule has 2 aromatic carbocycles. The molecule has 21 heavy (non-hydrogen) atoms. The summed E-state index contributed by atoms with van der Waals surface area (Å²) in [6, 6.07) is 12.9. The summed E-state index contributed by atoms with van der Waals surface area (Å²) in [5.41, 5.74) is 1.54. The largest absolute Gasteiger partial charge is 0.497 e. The van der Waals surface area contributed by atoms with Crippen molar-refractivity contribution in [2.75, 3.05) is 14.2 Å². The molecule has 1 amide bonds. The Morgan fingerprint density at radius 1 is 1.10 bits per heavy atom. The van der Waals surface area contributed by atoms with Crippen LogP contribution in [0, 0.1) is 3.57 Å². The summed E-state index contributed by atoms with van der Waals surface area (Å²) in [4.78, 5) is 12.1. The predicted molar refractivity (Wildman–Crippen MR) is 89.9 cm³/mol. The number of carbonyl (C=O) groups excluding carboxylic acids is 1. The first-order chi connectivity index (χ1) is 10.1. The fourth-order valence-electron chi connectivity index (χ4n) is 1.88. The van der Waals surface area contributed by atoms with Crippen LogP contribution in [0.5, 0.6) is 11.5 Å². The van der Waals surface area contributed by atoms with Crippen LogP contribution in [0.25, 0.3) is 0 Å². The molecule has 0 atom stereocenters. The van der Waals surface area contributed by atoms with Crippen molar-refractivity contribution in [1.29, 1.82) is 0 Å². The number of ether oxygens (including phenoxy) is 2. The number of halogens is 1. The molecule has 0 aromatic heterocycles. The summed E-state index contributed by atoms with van der Waals surface area (Å²) >= 11 is 2.21. The number of hydrogen-bond acceptors (Lipinski definition) is 3. The third-order valence-electron chi connectivity index (χ3n) is 3.04. The highest BCUT2D eigenvalue weighted by atomic mass is 127. The first kappa shape index (κ1) is 15.6. The maximum Gasteiger partial charge on any atom is 0.251 e. The zero-order chi connectivity index (χ0) is 15.2. The van der Waals surface area contributed by atoms with Gasteiger partial charge in [-0.3, -0.25) is 4.79 Å². The average Bonchev–Trinajstić information content (AvgIpc) is 2.53. The standard InChI is InChI=1S/C16H16INO3/c1-20-14-8-5-12(15(9-14)21-2)10-18-16(19)11-3-6-13(17)7-4-11/h3-9H,10H2,1-2H3,(H,18,19). The second kappa shape index (κ2) is 7.31. The number of amides is 1. The van der Waals surface area contributed by atoms with Crippen LogP contribution in [0.1, 0.15) is 15.9 Å². The number of hydrogen-bond donors (Lipinski definition) is 1. The summed E-state index contributed by atoms with van der Waals surface area (Å²) in [5, 5.41) is 2.88. The monoisotopic (exact) mass is 397 g/mol. The Labute approximate surface area is 137 Å². The van der Waals surface area contributed by atoms with E-state index in [1.54, 1.807) is 20.3 Å². The second-order valence-electron chi connectivity index (χ2n) is 4.37. The Balaban J connectivity index is 2.05. The number of benzene rings is 2. The van der Waals surface area contributed by atoms with Crippen LogP contribution in [-0.4, -0.2) is 20.1 Å². The maximum absolute atomic E-state index is 12.1. The van der Waals surface area contributed by atoms with Crippen molar-refractivity contribution in [3.8, 4) is 11.5 Å². The van der Waals surface area contributed by atoms with Gasteiger partial charge in [0, 0.05) is 27.3 Å². The predicted octanol–water partition coefficient (Wildman–Crippen LogP) is 3.24. The summed E-state index contributed by atoms with van der Waals surface area (Å²) in [7, 11) is 3.20. The molecule has 110 valence electrons. The topological polar surface area (TPSA) is 47.6 Å². The summed E-state index contributed by atoms with van der Waals surface area (Å²) in [5.74, 6) is 1.31. The van der Waals surface area contributed by atoms with E-state index in [2.05, 4.69) is 27.9 Å². The lowest BCUT2D eigenvalue weighted by Crippen LogP contribution is -2.23. The van der Waals surface area contributed by atoms with E-state index in [-0.39, 0.29) is 5.91 Å². The minimum atomic E-state index is -0.107. The molecule has 0 aliphatic rings. The molecule has 0 heterocycles. The molecule has 0 saturated carbocycles. The fourth-order valence-corrected chi connectivity index (χ4v) is 2.24. The van der Waals surface area contributed by atoms with Crippen LogP contribution in [-0.2, 0) is 6.54 Å². The van der Waals surface area contributed by atoms with E-state index in [0.29, 0.717) is 17.9 Å². The highest BCUT2D eigenvalue weighted by Gasteiger charge is 2.08. The molecule has 4 nitrogen and oxygen atoms in total. The van der Waals surface area contributed by atoms with Gasteiger partial charge in [-0.15, -0.1) is 0 Å². The lowest BCUT2D eigenvalue weighted by Gasteiger charge is -2.11. The van der Waals surface area contributed by atoms with E-state index < -0.39 is 0 Å². The van der Waals surface area contributed by atoms with Crippen molar-refractivity contribution in [1.82, 2.24) is 5.32 Å². The van der Waals surface area contributed by atoms with Crippen LogP contribution < -0.4 is 14.8 Å². The number of nitrogens with one attached hydrogen (secondary N) is 1. The lowest BCUT2D eigenvalue weighted by molar-refractivity contribution is 0.0950. The van der Waals surface area contributed by atoms with Gasteiger partial charge in [-0.1, -0.05) is 0 Å². The molecule has 2 rings (SSSR count). The molecule has 2 aromatic rings. The smallest absolute Gasteiger partial charge is 0.251 e. The van der Waals surface area contributed by atoms with Gasteiger partial charge in [0.05, 0.1) is 14.2 Å². The zero-order valence-electron chi connectivity index (χ0n) is 11.9. The van der Waals surface area contributed by atoms with Gasteiger partial charge < -0.3 is 14.8 Å². The Morgan fingerprint density at radius 3 is 2.43 bits per heavy atom. The zero-order valence-corrected chi connectivity index (χ0v) is 14.0. The molecule has 0 bridgehead atoms. The molecule has 0 unspecified atom stereocenters. The molecule has 0 spiro atoms. The van der Waals surface area contributed by atoms with E-state index in [0.717, 1.165) is 14.9 Å². The number of methoxy groups -OCH3 is 2. The molecule has 5 heteroatoms. The van der Waals surface area contributed by atoms with Gasteiger partial charge in [0.2, 0.25) is 0 Å². The van der Waals surface area contributed by atoms with Gasteiger partial charge in [-0.05, 0) is 59.0 Å². The van der Waals surface area contributed by atoms with Crippen LogP contribution in [0.3, 0.4) is 0 Å². The van der Waals surface area contributed by atoms with Gasteiger partial charge >= 0.3 is 0 Å². The van der Waals surface area contributed by atoms with Gasteiger partial charge in [0.1, 0.15) is 11.5 Å². The average molecular weight is 397 g/mol. The summed E-state index contributed by atoms with van der Waals surface area (Å²) in [6.07, 6.45) is 0. The summed E-state index contributed by atoms with van der Waals surface area (Å²) < 4.78 is 11.6. The Hall–Kier alpha value is -1.76. The van der Waals surface area contributed by atoms with Gasteiger partial charge in [-0.2, -0.15) is 0 Å². The Bertz CT molecular complexity index is 626. The van der Waals surface area contributed by atoms with Crippen LogP contribution in [0.15, 0.2) is 42.5 Å². The molecule has 0 aliphatic carbocycles. The van der Waals surface area contributed by atoms with Crippen molar-refractivity contribution in [2.24, 2.45) is 0 Å². The van der Waals surface area contributed by atoms with E-state index in [1.165, 1.54) is 0 Å². The first-order valence-corrected chi connectivity index (χ1v) is 7.46. The van der Waals surface area contributed by atoms with Crippen LogP contribution in [0.4, 0.5) is 0 Å². The van der Waals surface area contributed by atoms with Crippen molar-refractivity contribution in [3.63, 3.8) is 0 Å². The molecular weight excluding hydrogens is 381 g/mol. The third kappa shape index (κ3) is 4.10. The number of carbonyl (C=O) groups is 1. The SMILES string of the molecule is COc1ccc(CNC(=O)c2ccc(I)cc2)c(OC)c1. The second-order valence-corrected chi connectivity index (χ2v) is 5.61. The first-order valence-electron chi connectivity index (χ1n) is 6.38. The van der Waals surface area contributed by atoms with Gasteiger partial charge in [0.25, 0.3) is 5.91 Å². The Morgan fingerprint density at radius 2 is 1.81 bits per heavy atom. The van der Waals surface area contributed by atoms with Crippen molar-refractivity contribution < 1.29 is 14.3 Å². The third-order valence-corrected chi connectivity index (χ3v) is 3.76. The minimum Gasteiger partial charge on any atom is -0.497 e. The fraction of sp³-hybridized carbons (Fsp3) is 0.188. The van der Waals surface area contributed by atoms with Gasteiger partial charge in [0.15, 0.2) is 0 Å². The van der Waals surface area contributed by atoms with Crippen molar-refractivity contribution >= 4 is 28.5 Å². The van der Waals surface area contributed by atoms with E-state index in [4.69, 9.17) is 9.47 Å². The Kier molecular flexibility index (Phi) is 5.44. The quantitative estimate of drug-likeness (QED) is 0.789. The molecule has 1 N–H and O–H groups in total. The van der Waals surface area contributed by atoms with Crippen molar-refractivity contribution in [3.05, 3.63) is 57.2 Å². The van der Waals surface area contributed by atoms with Gasteiger partial charge in [-0.25, -0.2) is 0 Å². The molecular formula is C16H16INO3. The highest BCUT2D eigenvalue weighted by Crippen LogP contribution is 2.24. The molecule has 0 fully saturated rings. The maximum atomic E-state index is 12.1. The summed E-state index contributed by atoms with van der Waals surface area (Å²) in [6.45, 7) is 0.401. The molecule has 0 radical (unpaired) electrons. The van der Waals surface area contributed by atoms with E-state index in [1.807, 2.05) is 36.4 Å². The molecule has 0 saturated heterocycles.